The second kappa shape index (κ2) is 7.72. The van der Waals surface area contributed by atoms with E-state index in [0.29, 0.717) is 12.3 Å². The molecule has 0 N–H and O–H groups in total. The molecule has 0 aliphatic heterocycles. The number of hydrogen-bond acceptors (Lipinski definition) is 3. The molecule has 0 aliphatic rings. The van der Waals surface area contributed by atoms with Crippen LogP contribution in [-0.2, 0) is 27.2 Å². The number of benzene rings is 1. The average molecular weight is 262 g/mol. The molecule has 0 saturated carbocycles. The van der Waals surface area contributed by atoms with Gasteiger partial charge in [-0.2, -0.15) is 0 Å². The number of hydrogen-bond donors (Lipinski definition) is 0. The van der Waals surface area contributed by atoms with Gasteiger partial charge in [-0.15, -0.1) is 0 Å². The zero-order chi connectivity index (χ0) is 14.3. The molecule has 0 aliphatic carbocycles. The maximum atomic E-state index is 11.8. The third-order valence-corrected chi connectivity index (χ3v) is 2.87. The number of carbonyl (C=O) groups is 2. The molecule has 0 radical (unpaired) electrons. The van der Waals surface area contributed by atoms with Gasteiger partial charge in [0.2, 0.25) is 0 Å². The van der Waals surface area contributed by atoms with E-state index in [1.807, 2.05) is 12.1 Å². The highest BCUT2D eigenvalue weighted by Crippen LogP contribution is 2.12. The summed E-state index contributed by atoms with van der Waals surface area (Å²) in [7, 11) is 1.34. The predicted molar refractivity (Wildman–Crippen MR) is 74.9 cm³/mol. The summed E-state index contributed by atoms with van der Waals surface area (Å²) in [5, 5.41) is 0. The highest BCUT2D eigenvalue weighted by Gasteiger charge is 2.08. The van der Waals surface area contributed by atoms with Gasteiger partial charge >= 0.3 is 5.97 Å². The predicted octanol–water partition coefficient (Wildman–Crippen LogP) is 2.95. The summed E-state index contributed by atoms with van der Waals surface area (Å²) < 4.78 is 4.52. The lowest BCUT2D eigenvalue weighted by Crippen LogP contribution is -2.08. The van der Waals surface area contributed by atoms with Crippen molar-refractivity contribution in [2.24, 2.45) is 5.92 Å². The summed E-state index contributed by atoms with van der Waals surface area (Å²) >= 11 is 0. The van der Waals surface area contributed by atoms with Gasteiger partial charge < -0.3 is 4.74 Å². The standard InChI is InChI=1S/C16H22O3/c1-12(2)9-13-5-4-6-14(10-13)11-15(17)7-8-16(18)19-3/h4-6,10,12H,7-9,11H2,1-3H3. The van der Waals surface area contributed by atoms with E-state index < -0.39 is 0 Å². The number of ether oxygens (including phenoxy) is 1. The fraction of sp³-hybridized carbons (Fsp3) is 0.500. The van der Waals surface area contributed by atoms with Crippen molar-refractivity contribution in [1.29, 1.82) is 0 Å². The molecule has 0 saturated heterocycles. The van der Waals surface area contributed by atoms with E-state index in [1.54, 1.807) is 0 Å². The summed E-state index contributed by atoms with van der Waals surface area (Å²) in [5.41, 5.74) is 2.28. The van der Waals surface area contributed by atoms with E-state index in [9.17, 15) is 9.59 Å². The molecule has 1 aromatic carbocycles. The van der Waals surface area contributed by atoms with Crippen LogP contribution in [0.25, 0.3) is 0 Å². The van der Waals surface area contributed by atoms with Crippen LogP contribution in [0.2, 0.25) is 0 Å². The zero-order valence-electron chi connectivity index (χ0n) is 11.9. The van der Waals surface area contributed by atoms with Crippen LogP contribution < -0.4 is 0 Å². The van der Waals surface area contributed by atoms with E-state index in [0.717, 1.165) is 12.0 Å². The second-order valence-corrected chi connectivity index (χ2v) is 5.21. The first-order valence-electron chi connectivity index (χ1n) is 6.67. The molecule has 0 fully saturated rings. The van der Waals surface area contributed by atoms with Crippen LogP contribution in [0.1, 0.15) is 37.8 Å². The van der Waals surface area contributed by atoms with Crippen molar-refractivity contribution in [2.75, 3.05) is 7.11 Å². The van der Waals surface area contributed by atoms with Gasteiger partial charge in [-0.05, 0) is 23.5 Å². The van der Waals surface area contributed by atoms with Gasteiger partial charge in [0.1, 0.15) is 5.78 Å². The SMILES string of the molecule is COC(=O)CCC(=O)Cc1cccc(CC(C)C)c1. The van der Waals surface area contributed by atoms with Gasteiger partial charge in [0.05, 0.1) is 13.5 Å². The summed E-state index contributed by atoms with van der Waals surface area (Å²) in [6, 6.07) is 8.11. The minimum atomic E-state index is -0.332. The van der Waals surface area contributed by atoms with E-state index >= 15 is 0 Å². The Morgan fingerprint density at radius 3 is 2.47 bits per heavy atom. The maximum absolute atomic E-state index is 11.8. The third-order valence-electron chi connectivity index (χ3n) is 2.87. The van der Waals surface area contributed by atoms with Crippen LogP contribution in [0.15, 0.2) is 24.3 Å². The molecule has 0 unspecified atom stereocenters. The number of Topliss-reactive ketones (excluding diaryl/α,β-unsaturated/α-hetero) is 1. The largest absolute Gasteiger partial charge is 0.469 e. The Kier molecular flexibility index (Phi) is 6.26. The molecular formula is C16H22O3. The molecule has 0 aromatic heterocycles. The van der Waals surface area contributed by atoms with Crippen LogP contribution in [0.5, 0.6) is 0 Å². The fourth-order valence-electron chi connectivity index (χ4n) is 2.00. The Morgan fingerprint density at radius 2 is 1.84 bits per heavy atom. The Balaban J connectivity index is 2.52. The van der Waals surface area contributed by atoms with Crippen LogP contribution in [0.4, 0.5) is 0 Å². The van der Waals surface area contributed by atoms with Crippen LogP contribution in [0, 0.1) is 5.92 Å². The van der Waals surface area contributed by atoms with Crippen LogP contribution in [0.3, 0.4) is 0 Å². The Bertz CT molecular complexity index is 435. The maximum Gasteiger partial charge on any atom is 0.305 e. The third kappa shape index (κ3) is 6.18. The Hall–Kier alpha value is -1.64. The summed E-state index contributed by atoms with van der Waals surface area (Å²) in [5.74, 6) is 0.347. The minimum absolute atomic E-state index is 0.0760. The van der Waals surface area contributed by atoms with Gasteiger partial charge in [0.15, 0.2) is 0 Å². The molecule has 1 aromatic rings. The van der Waals surface area contributed by atoms with Crippen LogP contribution >= 0.6 is 0 Å². The van der Waals surface area contributed by atoms with Crippen molar-refractivity contribution in [3.05, 3.63) is 35.4 Å². The van der Waals surface area contributed by atoms with E-state index in [4.69, 9.17) is 0 Å². The fourth-order valence-corrected chi connectivity index (χ4v) is 2.00. The van der Waals surface area contributed by atoms with Gasteiger partial charge in [0, 0.05) is 12.8 Å². The highest BCUT2D eigenvalue weighted by molar-refractivity contribution is 5.84. The molecule has 0 heterocycles. The monoisotopic (exact) mass is 262 g/mol. The first-order chi connectivity index (χ1) is 9.01. The lowest BCUT2D eigenvalue weighted by Gasteiger charge is -2.07. The molecule has 1 rings (SSSR count). The first kappa shape index (κ1) is 15.4. The molecule has 3 nitrogen and oxygen atoms in total. The van der Waals surface area contributed by atoms with E-state index in [1.165, 1.54) is 12.7 Å². The lowest BCUT2D eigenvalue weighted by molar-refractivity contribution is -0.141. The van der Waals surface area contributed by atoms with Crippen molar-refractivity contribution in [1.82, 2.24) is 0 Å². The molecule has 104 valence electrons. The number of carbonyl (C=O) groups excluding carboxylic acids is 2. The molecule has 0 amide bonds. The topological polar surface area (TPSA) is 43.4 Å². The van der Waals surface area contributed by atoms with Gasteiger partial charge in [0.25, 0.3) is 0 Å². The zero-order valence-corrected chi connectivity index (χ0v) is 11.9. The number of ketones is 1. The minimum Gasteiger partial charge on any atom is -0.469 e. The molecule has 3 heteroatoms. The number of methoxy groups -OCH3 is 1. The van der Waals surface area contributed by atoms with E-state index in [-0.39, 0.29) is 24.6 Å². The molecule has 19 heavy (non-hydrogen) atoms. The average Bonchev–Trinajstić information content (AvgIpc) is 2.35. The highest BCUT2D eigenvalue weighted by atomic mass is 16.5. The van der Waals surface area contributed by atoms with Crippen molar-refractivity contribution in [3.63, 3.8) is 0 Å². The Morgan fingerprint density at radius 1 is 1.16 bits per heavy atom. The first-order valence-corrected chi connectivity index (χ1v) is 6.67. The van der Waals surface area contributed by atoms with Gasteiger partial charge in [-0.3, -0.25) is 9.59 Å². The van der Waals surface area contributed by atoms with E-state index in [2.05, 4.69) is 30.7 Å². The van der Waals surface area contributed by atoms with Crippen molar-refractivity contribution >= 4 is 11.8 Å². The van der Waals surface area contributed by atoms with Gasteiger partial charge in [-0.1, -0.05) is 38.1 Å². The van der Waals surface area contributed by atoms with Crippen LogP contribution in [-0.4, -0.2) is 18.9 Å². The quantitative estimate of drug-likeness (QED) is 0.710. The summed E-state index contributed by atoms with van der Waals surface area (Å²) in [6.07, 6.45) is 1.83. The molecule has 0 spiro atoms. The molecule has 0 bridgehead atoms. The molecule has 0 atom stereocenters. The lowest BCUT2D eigenvalue weighted by atomic mass is 9.98. The van der Waals surface area contributed by atoms with Crippen molar-refractivity contribution in [3.8, 4) is 0 Å². The number of esters is 1. The normalized spacial score (nSPS) is 10.5. The summed E-state index contributed by atoms with van der Waals surface area (Å²) in [6.45, 7) is 4.35. The van der Waals surface area contributed by atoms with Gasteiger partial charge in [-0.25, -0.2) is 0 Å². The second-order valence-electron chi connectivity index (χ2n) is 5.21. The smallest absolute Gasteiger partial charge is 0.305 e. The summed E-state index contributed by atoms with van der Waals surface area (Å²) in [4.78, 5) is 22.7. The molecular weight excluding hydrogens is 240 g/mol. The number of rotatable bonds is 7. The van der Waals surface area contributed by atoms with Crippen molar-refractivity contribution in [2.45, 2.75) is 39.5 Å². The Labute approximate surface area is 115 Å². The van der Waals surface area contributed by atoms with Crippen molar-refractivity contribution < 1.29 is 14.3 Å².